The lowest BCUT2D eigenvalue weighted by Gasteiger charge is -2.49. The summed E-state index contributed by atoms with van der Waals surface area (Å²) in [5, 5.41) is 32.6. The van der Waals surface area contributed by atoms with Crippen LogP contribution in [0.4, 0.5) is 5.69 Å². The molecule has 2 aromatic rings. The first-order chi connectivity index (χ1) is 14.8. The molecule has 164 valence electrons. The number of fused-ring (bicyclic) bond motifs is 2. The van der Waals surface area contributed by atoms with Gasteiger partial charge in [0.15, 0.2) is 5.72 Å². The normalized spacial score (nSPS) is 21.0. The lowest BCUT2D eigenvalue weighted by molar-refractivity contribution is -0.386. The number of aliphatic hydroxyl groups excluding tert-OH is 1. The molecule has 1 heterocycles. The van der Waals surface area contributed by atoms with Crippen LogP contribution in [-0.4, -0.2) is 38.9 Å². The molecule has 1 saturated carbocycles. The van der Waals surface area contributed by atoms with Gasteiger partial charge in [-0.3, -0.25) is 15.0 Å². The van der Waals surface area contributed by atoms with Crippen LogP contribution in [0.5, 0.6) is 11.5 Å². The molecule has 2 N–H and O–H groups in total. The van der Waals surface area contributed by atoms with Crippen LogP contribution in [0.25, 0.3) is 6.08 Å². The van der Waals surface area contributed by atoms with Crippen molar-refractivity contribution >= 4 is 23.4 Å². The molecular weight excluding hydrogens is 420 g/mol. The topological polar surface area (TPSA) is 96.1 Å². The second-order valence-electron chi connectivity index (χ2n) is 8.01. The molecule has 0 aromatic heterocycles. The van der Waals surface area contributed by atoms with Crippen molar-refractivity contribution in [2.45, 2.75) is 44.4 Å². The van der Waals surface area contributed by atoms with Gasteiger partial charge in [-0.1, -0.05) is 30.7 Å². The summed E-state index contributed by atoms with van der Waals surface area (Å²) in [6.45, 7) is 2.81. The summed E-state index contributed by atoms with van der Waals surface area (Å²) in [4.78, 5) is 13.3. The molecule has 2 aromatic carbocycles. The fourth-order valence-electron chi connectivity index (χ4n) is 4.65. The molecule has 4 rings (SSSR count). The third-order valence-corrected chi connectivity index (χ3v) is 6.33. The van der Waals surface area contributed by atoms with Crippen molar-refractivity contribution in [1.82, 2.24) is 4.90 Å². The zero-order valence-electron chi connectivity index (χ0n) is 17.3. The highest BCUT2D eigenvalue weighted by Crippen LogP contribution is 2.49. The van der Waals surface area contributed by atoms with E-state index in [9.17, 15) is 20.3 Å². The maximum absolute atomic E-state index is 11.7. The number of halogens is 1. The van der Waals surface area contributed by atoms with Gasteiger partial charge >= 0.3 is 5.69 Å². The Kier molecular flexibility index (Phi) is 5.92. The Bertz CT molecular complexity index is 1040. The van der Waals surface area contributed by atoms with E-state index in [4.69, 9.17) is 16.3 Å². The molecule has 7 nitrogen and oxygen atoms in total. The molecule has 0 saturated heterocycles. The van der Waals surface area contributed by atoms with Crippen LogP contribution >= 0.6 is 11.6 Å². The standard InChI is InChI=1S/C23H25ClN2O5/c1-2-25(14-21(28)15-6-5-8-19(27)12-15)23-9-4-3-7-17(23)10-16-11-18(24)13-20(26(29)30)22(16)31-23/h5-6,8,10-13,21,27-28H,2-4,7,9,14H2,1H3. The average Bonchev–Trinajstić information content (AvgIpc) is 2.75. The summed E-state index contributed by atoms with van der Waals surface area (Å²) < 4.78 is 6.48. The molecule has 0 radical (unpaired) electrons. The maximum Gasteiger partial charge on any atom is 0.313 e. The first kappa shape index (κ1) is 21.6. The Morgan fingerprint density at radius 2 is 2.13 bits per heavy atom. The Morgan fingerprint density at radius 1 is 1.32 bits per heavy atom. The Hall–Kier alpha value is -2.61. The highest BCUT2D eigenvalue weighted by Gasteiger charge is 2.48. The minimum atomic E-state index is -0.865. The van der Waals surface area contributed by atoms with Crippen LogP contribution in [0.3, 0.4) is 0 Å². The summed E-state index contributed by atoms with van der Waals surface area (Å²) in [5.74, 6) is 0.303. The van der Waals surface area contributed by atoms with E-state index in [1.807, 2.05) is 17.9 Å². The molecule has 1 fully saturated rings. The number of likely N-dealkylation sites (N-methyl/N-ethyl adjacent to an activating group) is 1. The largest absolute Gasteiger partial charge is 0.508 e. The van der Waals surface area contributed by atoms with E-state index in [0.29, 0.717) is 29.1 Å². The summed E-state index contributed by atoms with van der Waals surface area (Å²) in [7, 11) is 0. The quantitative estimate of drug-likeness (QED) is 0.477. The van der Waals surface area contributed by atoms with Crippen molar-refractivity contribution in [3.63, 3.8) is 0 Å². The van der Waals surface area contributed by atoms with Crippen molar-refractivity contribution in [3.05, 3.63) is 68.2 Å². The van der Waals surface area contributed by atoms with Crippen molar-refractivity contribution in [3.8, 4) is 11.5 Å². The number of phenolic OH excluding ortho intramolecular Hbond substituents is 1. The van der Waals surface area contributed by atoms with Gasteiger partial charge in [0.25, 0.3) is 0 Å². The molecule has 2 atom stereocenters. The number of hydrogen-bond acceptors (Lipinski definition) is 6. The van der Waals surface area contributed by atoms with Crippen LogP contribution in [0.15, 0.2) is 42.0 Å². The van der Waals surface area contributed by atoms with Crippen molar-refractivity contribution in [2.24, 2.45) is 0 Å². The molecule has 8 heteroatoms. The monoisotopic (exact) mass is 444 g/mol. The van der Waals surface area contributed by atoms with E-state index in [1.165, 1.54) is 12.1 Å². The van der Waals surface area contributed by atoms with E-state index < -0.39 is 16.8 Å². The van der Waals surface area contributed by atoms with Crippen molar-refractivity contribution in [1.29, 1.82) is 0 Å². The van der Waals surface area contributed by atoms with Gasteiger partial charge in [0, 0.05) is 29.6 Å². The van der Waals surface area contributed by atoms with E-state index in [-0.39, 0.29) is 23.7 Å². The minimum absolute atomic E-state index is 0.0892. The zero-order valence-corrected chi connectivity index (χ0v) is 18.0. The van der Waals surface area contributed by atoms with Gasteiger partial charge in [-0.05, 0) is 61.2 Å². The highest BCUT2D eigenvalue weighted by atomic mass is 35.5. The highest BCUT2D eigenvalue weighted by molar-refractivity contribution is 6.31. The lowest BCUT2D eigenvalue weighted by Crippen LogP contribution is -2.57. The molecule has 2 aliphatic rings. The Balaban J connectivity index is 1.74. The number of hydrogen-bond donors (Lipinski definition) is 2. The molecule has 0 spiro atoms. The molecule has 1 aliphatic heterocycles. The Labute approximate surface area is 185 Å². The van der Waals surface area contributed by atoms with Crippen molar-refractivity contribution < 1.29 is 19.9 Å². The van der Waals surface area contributed by atoms with Crippen LogP contribution in [0.2, 0.25) is 5.02 Å². The number of rotatable bonds is 6. The van der Waals surface area contributed by atoms with Crippen molar-refractivity contribution in [2.75, 3.05) is 13.1 Å². The van der Waals surface area contributed by atoms with E-state index in [1.54, 1.807) is 24.3 Å². The number of nitro groups is 1. The molecular formula is C23H25ClN2O5. The second-order valence-corrected chi connectivity index (χ2v) is 8.45. The number of aromatic hydroxyl groups is 1. The molecule has 1 aliphatic carbocycles. The number of phenols is 1. The van der Waals surface area contributed by atoms with Gasteiger partial charge in [-0.15, -0.1) is 0 Å². The predicted molar refractivity (Wildman–Crippen MR) is 118 cm³/mol. The second kappa shape index (κ2) is 8.49. The van der Waals surface area contributed by atoms with Crippen LogP contribution < -0.4 is 4.74 Å². The predicted octanol–water partition coefficient (Wildman–Crippen LogP) is 5.06. The fourth-order valence-corrected chi connectivity index (χ4v) is 4.87. The fraction of sp³-hybridized carbons (Fsp3) is 0.391. The number of nitrogens with zero attached hydrogens (tertiary/aromatic N) is 2. The van der Waals surface area contributed by atoms with E-state index in [2.05, 4.69) is 0 Å². The third kappa shape index (κ3) is 4.01. The van der Waals surface area contributed by atoms with Crippen LogP contribution in [-0.2, 0) is 0 Å². The number of ether oxygens (including phenoxy) is 1. The number of aliphatic hydroxyl groups is 1. The molecule has 0 amide bonds. The van der Waals surface area contributed by atoms with Gasteiger partial charge < -0.3 is 14.9 Å². The van der Waals surface area contributed by atoms with E-state index in [0.717, 1.165) is 24.8 Å². The first-order valence-electron chi connectivity index (χ1n) is 10.4. The average molecular weight is 445 g/mol. The van der Waals surface area contributed by atoms with Gasteiger partial charge in [-0.2, -0.15) is 0 Å². The summed E-state index contributed by atoms with van der Waals surface area (Å²) in [6.07, 6.45) is 4.49. The lowest BCUT2D eigenvalue weighted by atomic mass is 9.81. The smallest absolute Gasteiger partial charge is 0.313 e. The van der Waals surface area contributed by atoms with E-state index >= 15 is 0 Å². The van der Waals surface area contributed by atoms with Gasteiger partial charge in [0.2, 0.25) is 5.75 Å². The minimum Gasteiger partial charge on any atom is -0.508 e. The third-order valence-electron chi connectivity index (χ3n) is 6.11. The van der Waals surface area contributed by atoms with Gasteiger partial charge in [-0.25, -0.2) is 0 Å². The molecule has 0 bridgehead atoms. The van der Waals surface area contributed by atoms with Gasteiger partial charge in [0.05, 0.1) is 11.0 Å². The summed E-state index contributed by atoms with van der Waals surface area (Å²) >= 11 is 6.12. The Morgan fingerprint density at radius 3 is 2.84 bits per heavy atom. The SMILES string of the molecule is CCN(CC(O)c1cccc(O)c1)C12CCCCC1=Cc1cc(Cl)cc([N+](=O)[O-])c1O2. The van der Waals surface area contributed by atoms with Crippen LogP contribution in [0.1, 0.15) is 49.8 Å². The van der Waals surface area contributed by atoms with Gasteiger partial charge in [0.1, 0.15) is 5.75 Å². The summed E-state index contributed by atoms with van der Waals surface area (Å²) in [5.41, 5.74) is 1.22. The summed E-state index contributed by atoms with van der Waals surface area (Å²) in [6, 6.07) is 9.55. The van der Waals surface area contributed by atoms with Crippen LogP contribution in [0, 0.1) is 10.1 Å². The number of benzene rings is 2. The maximum atomic E-state index is 11.7. The molecule has 2 unspecified atom stereocenters. The first-order valence-corrected chi connectivity index (χ1v) is 10.8. The molecule has 31 heavy (non-hydrogen) atoms. The zero-order chi connectivity index (χ0) is 22.2. The number of nitro benzene ring substituents is 1.